The lowest BCUT2D eigenvalue weighted by Crippen LogP contribution is -2.70. The molecular formula is C34H53IN2O3. The first-order valence-corrected chi connectivity index (χ1v) is 18.2. The fourth-order valence-electron chi connectivity index (χ4n) is 9.74. The molecular weight excluding hydrogens is 611 g/mol. The van der Waals surface area contributed by atoms with Crippen LogP contribution < -0.4 is 5.32 Å². The molecule has 1 heterocycles. The molecule has 5 fully saturated rings. The largest absolute Gasteiger partial charge is 0.396 e. The lowest BCUT2D eigenvalue weighted by molar-refractivity contribution is -0.178. The van der Waals surface area contributed by atoms with Crippen LogP contribution >= 0.6 is 22.6 Å². The predicted molar refractivity (Wildman–Crippen MR) is 168 cm³/mol. The molecule has 40 heavy (non-hydrogen) atoms. The predicted octanol–water partition coefficient (Wildman–Crippen LogP) is 7.30. The molecule has 6 rings (SSSR count). The molecule has 1 saturated heterocycles. The number of likely N-dealkylation sites (tertiary alicyclic amines) is 1. The number of fused-ring (bicyclic) bond motifs is 1. The molecule has 5 nitrogen and oxygen atoms in total. The molecule has 0 radical (unpaired) electrons. The molecule has 2 amide bonds. The van der Waals surface area contributed by atoms with Gasteiger partial charge in [0.1, 0.15) is 0 Å². The highest BCUT2D eigenvalue weighted by molar-refractivity contribution is 14.1. The molecule has 0 spiro atoms. The molecule has 1 aliphatic heterocycles. The van der Waals surface area contributed by atoms with Crippen LogP contribution in [0.1, 0.15) is 128 Å². The number of aliphatic hydroxyl groups excluding tert-OH is 1. The van der Waals surface area contributed by atoms with Crippen molar-refractivity contribution in [1.82, 2.24) is 10.2 Å². The third-order valence-electron chi connectivity index (χ3n) is 12.0. The zero-order valence-corrected chi connectivity index (χ0v) is 26.8. The number of piperidine rings is 1. The number of rotatable bonds is 8. The number of carbonyl (C=O) groups excluding carboxylic acids is 2. The monoisotopic (exact) mass is 664 g/mol. The fraction of sp³-hybridized carbons (Fsp3) is 0.882. The van der Waals surface area contributed by atoms with Crippen molar-refractivity contribution < 1.29 is 14.7 Å². The number of nitrogens with one attached hydrogen (secondary N) is 1. The van der Waals surface area contributed by atoms with Crippen molar-refractivity contribution in [3.63, 3.8) is 0 Å². The van der Waals surface area contributed by atoms with Gasteiger partial charge >= 0.3 is 0 Å². The summed E-state index contributed by atoms with van der Waals surface area (Å²) >= 11 is 2.59. The van der Waals surface area contributed by atoms with E-state index in [4.69, 9.17) is 0 Å². The van der Waals surface area contributed by atoms with Crippen molar-refractivity contribution in [3.8, 4) is 0 Å². The zero-order valence-electron chi connectivity index (χ0n) is 24.7. The van der Waals surface area contributed by atoms with Gasteiger partial charge in [0.25, 0.3) is 0 Å². The van der Waals surface area contributed by atoms with Gasteiger partial charge in [-0.25, -0.2) is 0 Å². The lowest BCUT2D eigenvalue weighted by atomic mass is 9.51. The Morgan fingerprint density at radius 1 is 0.850 bits per heavy atom. The summed E-state index contributed by atoms with van der Waals surface area (Å²) in [5.74, 6) is 2.17. The van der Waals surface area contributed by atoms with Gasteiger partial charge in [0.15, 0.2) is 0 Å². The van der Waals surface area contributed by atoms with Crippen LogP contribution in [0.25, 0.3) is 0 Å². The first kappa shape index (κ1) is 29.4. The van der Waals surface area contributed by atoms with Crippen LogP contribution in [0.5, 0.6) is 0 Å². The van der Waals surface area contributed by atoms with Crippen LogP contribution in [0.3, 0.4) is 0 Å². The smallest absolute Gasteiger partial charge is 0.229 e. The summed E-state index contributed by atoms with van der Waals surface area (Å²) in [7, 11) is 0. The maximum Gasteiger partial charge on any atom is 0.229 e. The fourth-order valence-corrected chi connectivity index (χ4v) is 10.6. The number of amides is 2. The van der Waals surface area contributed by atoms with Crippen molar-refractivity contribution in [3.05, 3.63) is 9.15 Å². The minimum absolute atomic E-state index is 0.00158. The Morgan fingerprint density at radius 2 is 1.55 bits per heavy atom. The second kappa shape index (κ2) is 12.9. The Balaban J connectivity index is 1.46. The molecule has 0 aromatic heterocycles. The van der Waals surface area contributed by atoms with E-state index in [1.54, 1.807) is 0 Å². The van der Waals surface area contributed by atoms with Crippen LogP contribution in [-0.4, -0.2) is 47.1 Å². The van der Waals surface area contributed by atoms with Crippen molar-refractivity contribution >= 4 is 34.4 Å². The zero-order chi connectivity index (χ0) is 27.7. The number of halogens is 1. The van der Waals surface area contributed by atoms with Crippen LogP contribution in [0.4, 0.5) is 0 Å². The van der Waals surface area contributed by atoms with Gasteiger partial charge in [0.2, 0.25) is 11.8 Å². The number of hydrogen-bond donors (Lipinski definition) is 2. The summed E-state index contributed by atoms with van der Waals surface area (Å²) in [6.45, 7) is 1.13. The van der Waals surface area contributed by atoms with E-state index in [-0.39, 0.29) is 24.5 Å². The van der Waals surface area contributed by atoms with Gasteiger partial charge in [0, 0.05) is 31.2 Å². The molecule has 0 bridgehead atoms. The van der Waals surface area contributed by atoms with E-state index in [0.717, 1.165) is 90.0 Å². The molecule has 5 aliphatic carbocycles. The Morgan fingerprint density at radius 3 is 2.25 bits per heavy atom. The van der Waals surface area contributed by atoms with Crippen molar-refractivity contribution in [1.29, 1.82) is 0 Å². The number of allylic oxidation sites excluding steroid dienone is 2. The molecule has 0 aromatic carbocycles. The highest BCUT2D eigenvalue weighted by atomic mass is 127. The first-order chi connectivity index (χ1) is 19.5. The van der Waals surface area contributed by atoms with Gasteiger partial charge in [-0.2, -0.15) is 0 Å². The summed E-state index contributed by atoms with van der Waals surface area (Å²) in [6, 6.07) is 0.333. The third kappa shape index (κ3) is 5.92. The summed E-state index contributed by atoms with van der Waals surface area (Å²) < 4.78 is 1.49. The molecule has 2 N–H and O–H groups in total. The topological polar surface area (TPSA) is 69.6 Å². The average Bonchev–Trinajstić information content (AvgIpc) is 3.81. The van der Waals surface area contributed by atoms with Crippen molar-refractivity contribution in [2.24, 2.45) is 35.0 Å². The maximum absolute atomic E-state index is 15.0. The summed E-state index contributed by atoms with van der Waals surface area (Å²) in [6.07, 6.45) is 22.6. The van der Waals surface area contributed by atoms with E-state index < -0.39 is 5.41 Å². The summed E-state index contributed by atoms with van der Waals surface area (Å²) in [5.41, 5.74) is 1.01. The van der Waals surface area contributed by atoms with E-state index >= 15 is 4.79 Å². The molecule has 0 aromatic rings. The van der Waals surface area contributed by atoms with Gasteiger partial charge in [-0.3, -0.25) is 9.59 Å². The number of carbonyl (C=O) groups is 2. The minimum atomic E-state index is -0.518. The first-order valence-electron chi connectivity index (χ1n) is 17.1. The van der Waals surface area contributed by atoms with Gasteiger partial charge in [-0.05, 0) is 146 Å². The second-order valence-corrected chi connectivity index (χ2v) is 15.9. The second-order valence-electron chi connectivity index (χ2n) is 14.6. The molecule has 2 unspecified atom stereocenters. The Kier molecular flexibility index (Phi) is 9.52. The molecule has 6 heteroatoms. The highest BCUT2D eigenvalue weighted by Crippen LogP contribution is 2.58. The maximum atomic E-state index is 15.0. The lowest BCUT2D eigenvalue weighted by Gasteiger charge is -2.60. The Hall–Kier alpha value is -0.630. The van der Waals surface area contributed by atoms with E-state index in [1.165, 1.54) is 54.1 Å². The van der Waals surface area contributed by atoms with E-state index in [9.17, 15) is 9.90 Å². The molecule has 4 saturated carbocycles. The summed E-state index contributed by atoms with van der Waals surface area (Å²) in [4.78, 5) is 32.0. The molecule has 224 valence electrons. The minimum Gasteiger partial charge on any atom is -0.396 e. The van der Waals surface area contributed by atoms with Crippen LogP contribution in [0, 0.1) is 35.0 Å². The Bertz CT molecular complexity index is 949. The quantitative estimate of drug-likeness (QED) is 0.268. The third-order valence-corrected chi connectivity index (χ3v) is 13.3. The van der Waals surface area contributed by atoms with E-state index in [0.29, 0.717) is 35.6 Å². The van der Waals surface area contributed by atoms with Gasteiger partial charge in [0.05, 0.1) is 5.41 Å². The van der Waals surface area contributed by atoms with Crippen molar-refractivity contribution in [2.75, 3.05) is 13.2 Å². The standard InChI is InChI=1S/C34H53IN2O3/c35-30-13-7-4-10-26(30)20-34(33(40)36-27-18-19-27)29-12-6-5-11-28(29)32(39)37(21-23-8-2-1-3-9-23)31(34)25-16-14-24(22-38)15-17-25/h23-25,27-29,31,38H,1-22H2,(H,36,40)/t24?,25?,28?,29?,31-,34-/m0/s1. The van der Waals surface area contributed by atoms with Gasteiger partial charge < -0.3 is 15.3 Å². The Labute approximate surface area is 256 Å². The molecule has 6 aliphatic rings. The van der Waals surface area contributed by atoms with Gasteiger partial charge in [-0.15, -0.1) is 0 Å². The number of hydrogen-bond acceptors (Lipinski definition) is 3. The summed E-state index contributed by atoms with van der Waals surface area (Å²) in [5, 5.41) is 13.5. The average molecular weight is 665 g/mol. The molecule has 4 atom stereocenters. The van der Waals surface area contributed by atoms with Crippen molar-refractivity contribution in [2.45, 2.75) is 141 Å². The van der Waals surface area contributed by atoms with E-state index in [2.05, 4.69) is 32.8 Å². The van der Waals surface area contributed by atoms with E-state index in [1.807, 2.05) is 0 Å². The van der Waals surface area contributed by atoms with Gasteiger partial charge in [-0.1, -0.05) is 37.7 Å². The normalized spacial score (nSPS) is 37.8. The van der Waals surface area contributed by atoms with Crippen LogP contribution in [0.2, 0.25) is 0 Å². The van der Waals surface area contributed by atoms with Crippen LogP contribution in [-0.2, 0) is 9.59 Å². The van der Waals surface area contributed by atoms with Crippen LogP contribution in [0.15, 0.2) is 9.15 Å². The highest BCUT2D eigenvalue weighted by Gasteiger charge is 2.64. The number of nitrogens with zero attached hydrogens (tertiary/aromatic N) is 1. The number of aliphatic hydroxyl groups is 1. The SMILES string of the molecule is O=C1C2CCCCC2[C@](CC2=C(I)CCCC2)(C(=O)NC2CC2)[C@H](C2CCC(CO)CC2)N1CC1CCCCC1.